The third-order valence-corrected chi connectivity index (χ3v) is 4.92. The zero-order valence-corrected chi connectivity index (χ0v) is 16.8. The van der Waals surface area contributed by atoms with Crippen LogP contribution in [0.15, 0.2) is 66.4 Å². The third kappa shape index (κ3) is 4.54. The Morgan fingerprint density at radius 1 is 1.07 bits per heavy atom. The maximum atomic E-state index is 13.0. The van der Waals surface area contributed by atoms with Gasteiger partial charge in [-0.25, -0.2) is 4.79 Å². The van der Waals surface area contributed by atoms with Crippen LogP contribution in [0.3, 0.4) is 0 Å². The molecule has 0 aliphatic carbocycles. The molecule has 1 fully saturated rings. The number of nitrogens with one attached hydrogen (secondary N) is 2. The number of barbiturate groups is 1. The van der Waals surface area contributed by atoms with Crippen LogP contribution in [-0.2, 0) is 16.1 Å². The van der Waals surface area contributed by atoms with Crippen molar-refractivity contribution in [2.24, 2.45) is 5.92 Å². The summed E-state index contributed by atoms with van der Waals surface area (Å²) in [5.74, 6) is -1.86. The van der Waals surface area contributed by atoms with Gasteiger partial charge in [0.1, 0.15) is 0 Å². The van der Waals surface area contributed by atoms with Crippen LogP contribution in [-0.4, -0.2) is 22.7 Å². The first kappa shape index (κ1) is 20.3. The highest BCUT2D eigenvalue weighted by molar-refractivity contribution is 6.18. The number of imide groups is 2. The summed E-state index contributed by atoms with van der Waals surface area (Å²) in [6.07, 6.45) is 1.69. The first-order valence-electron chi connectivity index (χ1n) is 9.64. The number of urea groups is 1. The van der Waals surface area contributed by atoms with E-state index < -0.39 is 23.8 Å². The standard InChI is InChI=1S/C23H25N3O3/c1-4-19(24-18-12-10-17(11-13-18)15(2)3)20-21(27)25-23(29)26(22(20)28)14-16-8-6-5-7-9-16/h4-13,15,20,24H,14H2,1-3H3,(H,25,27,29)/b19-4+/t20-/m0/s1. The molecule has 1 atom stereocenters. The summed E-state index contributed by atoms with van der Waals surface area (Å²) in [4.78, 5) is 38.9. The molecule has 150 valence electrons. The highest BCUT2D eigenvalue weighted by Gasteiger charge is 2.42. The molecule has 1 heterocycles. The van der Waals surface area contributed by atoms with Gasteiger partial charge in [0.05, 0.1) is 6.54 Å². The van der Waals surface area contributed by atoms with Gasteiger partial charge in [-0.1, -0.05) is 62.4 Å². The lowest BCUT2D eigenvalue weighted by Gasteiger charge is -2.31. The zero-order valence-electron chi connectivity index (χ0n) is 16.8. The molecule has 29 heavy (non-hydrogen) atoms. The van der Waals surface area contributed by atoms with Crippen LogP contribution in [0.2, 0.25) is 0 Å². The van der Waals surface area contributed by atoms with Crippen molar-refractivity contribution >= 4 is 23.5 Å². The summed E-state index contributed by atoms with van der Waals surface area (Å²) < 4.78 is 0. The molecule has 6 nitrogen and oxygen atoms in total. The summed E-state index contributed by atoms with van der Waals surface area (Å²) in [7, 11) is 0. The highest BCUT2D eigenvalue weighted by atomic mass is 16.2. The van der Waals surface area contributed by atoms with Crippen molar-refractivity contribution in [3.05, 3.63) is 77.5 Å². The van der Waals surface area contributed by atoms with Crippen LogP contribution >= 0.6 is 0 Å². The van der Waals surface area contributed by atoms with Crippen LogP contribution in [0, 0.1) is 5.92 Å². The molecule has 1 saturated heterocycles. The lowest BCUT2D eigenvalue weighted by molar-refractivity contribution is -0.141. The second-order valence-electron chi connectivity index (χ2n) is 7.28. The van der Waals surface area contributed by atoms with Crippen molar-refractivity contribution in [3.8, 4) is 0 Å². The van der Waals surface area contributed by atoms with E-state index in [2.05, 4.69) is 24.5 Å². The molecule has 4 amide bonds. The van der Waals surface area contributed by atoms with Gasteiger partial charge in [-0.15, -0.1) is 0 Å². The Bertz CT molecular complexity index is 934. The summed E-state index contributed by atoms with van der Waals surface area (Å²) in [6.45, 7) is 6.09. The van der Waals surface area contributed by atoms with Gasteiger partial charge in [0.25, 0.3) is 0 Å². The quantitative estimate of drug-likeness (QED) is 0.729. The van der Waals surface area contributed by atoms with E-state index in [9.17, 15) is 14.4 Å². The van der Waals surface area contributed by atoms with Gasteiger partial charge < -0.3 is 5.32 Å². The number of allylic oxidation sites excluding steroid dienone is 1. The number of rotatable bonds is 6. The smallest absolute Gasteiger partial charge is 0.331 e. The maximum Gasteiger partial charge on any atom is 0.331 e. The molecule has 1 aliphatic rings. The van der Waals surface area contributed by atoms with Gasteiger partial charge in [0, 0.05) is 11.4 Å². The van der Waals surface area contributed by atoms with Crippen molar-refractivity contribution in [2.45, 2.75) is 33.2 Å². The number of hydrogen-bond donors (Lipinski definition) is 2. The van der Waals surface area contributed by atoms with Crippen LogP contribution in [0.1, 0.15) is 37.8 Å². The average Bonchev–Trinajstić information content (AvgIpc) is 2.71. The van der Waals surface area contributed by atoms with Gasteiger partial charge in [0.15, 0.2) is 5.92 Å². The molecule has 0 aromatic heterocycles. The predicted molar refractivity (Wildman–Crippen MR) is 112 cm³/mol. The maximum absolute atomic E-state index is 13.0. The van der Waals surface area contributed by atoms with Crippen LogP contribution in [0.25, 0.3) is 0 Å². The summed E-state index contributed by atoms with van der Waals surface area (Å²) in [6, 6.07) is 16.3. The Morgan fingerprint density at radius 2 is 1.72 bits per heavy atom. The van der Waals surface area contributed by atoms with Crippen LogP contribution < -0.4 is 10.6 Å². The SMILES string of the molecule is C/C=C(/Nc1ccc(C(C)C)cc1)[C@H]1C(=O)NC(=O)N(Cc2ccccc2)C1=O. The number of benzene rings is 2. The van der Waals surface area contributed by atoms with E-state index in [1.54, 1.807) is 13.0 Å². The minimum Gasteiger partial charge on any atom is -0.358 e. The second kappa shape index (κ2) is 8.73. The molecule has 0 saturated carbocycles. The molecule has 0 spiro atoms. The van der Waals surface area contributed by atoms with Gasteiger partial charge in [0.2, 0.25) is 11.8 Å². The van der Waals surface area contributed by atoms with Crippen molar-refractivity contribution < 1.29 is 14.4 Å². The number of hydrogen-bond acceptors (Lipinski definition) is 4. The van der Waals surface area contributed by atoms with Crippen molar-refractivity contribution in [1.82, 2.24) is 10.2 Å². The van der Waals surface area contributed by atoms with Gasteiger partial charge in [-0.2, -0.15) is 0 Å². The van der Waals surface area contributed by atoms with Crippen molar-refractivity contribution in [2.75, 3.05) is 5.32 Å². The molecule has 0 radical (unpaired) electrons. The average molecular weight is 391 g/mol. The fraction of sp³-hybridized carbons (Fsp3) is 0.261. The summed E-state index contributed by atoms with van der Waals surface area (Å²) >= 11 is 0. The van der Waals surface area contributed by atoms with E-state index in [0.717, 1.165) is 16.2 Å². The molecule has 3 rings (SSSR count). The molecule has 2 aromatic rings. The van der Waals surface area contributed by atoms with Gasteiger partial charge in [-0.05, 0) is 36.1 Å². The Balaban J connectivity index is 1.81. The molecule has 2 N–H and O–H groups in total. The van der Waals surface area contributed by atoms with Crippen molar-refractivity contribution in [1.29, 1.82) is 0 Å². The molecular weight excluding hydrogens is 366 g/mol. The molecule has 0 bridgehead atoms. The number of nitrogens with zero attached hydrogens (tertiary/aromatic N) is 1. The molecule has 6 heteroatoms. The molecular formula is C23H25N3O3. The first-order valence-corrected chi connectivity index (χ1v) is 9.64. The summed E-state index contributed by atoms with van der Waals surface area (Å²) in [5.41, 5.74) is 3.22. The molecule has 0 unspecified atom stereocenters. The number of anilines is 1. The van der Waals surface area contributed by atoms with Crippen LogP contribution in [0.5, 0.6) is 0 Å². The van der Waals surface area contributed by atoms with Crippen molar-refractivity contribution in [3.63, 3.8) is 0 Å². The van der Waals surface area contributed by atoms with E-state index in [1.165, 1.54) is 5.56 Å². The fourth-order valence-electron chi connectivity index (χ4n) is 3.23. The van der Waals surface area contributed by atoms with E-state index in [1.807, 2.05) is 54.6 Å². The summed E-state index contributed by atoms with van der Waals surface area (Å²) in [5, 5.41) is 5.47. The monoisotopic (exact) mass is 391 g/mol. The molecule has 1 aliphatic heterocycles. The second-order valence-corrected chi connectivity index (χ2v) is 7.28. The Kier molecular flexibility index (Phi) is 6.12. The van der Waals surface area contributed by atoms with Gasteiger partial charge in [-0.3, -0.25) is 19.8 Å². The molecule has 2 aromatic carbocycles. The van der Waals surface area contributed by atoms with Gasteiger partial charge >= 0.3 is 6.03 Å². The Labute approximate surface area is 170 Å². The Hall–Kier alpha value is -3.41. The highest BCUT2D eigenvalue weighted by Crippen LogP contribution is 2.24. The normalized spacial score (nSPS) is 17.5. The van der Waals surface area contributed by atoms with E-state index in [0.29, 0.717) is 11.6 Å². The lowest BCUT2D eigenvalue weighted by atomic mass is 9.98. The van der Waals surface area contributed by atoms with E-state index >= 15 is 0 Å². The topological polar surface area (TPSA) is 78.5 Å². The number of carbonyl (C=O) groups is 3. The predicted octanol–water partition coefficient (Wildman–Crippen LogP) is 4.02. The lowest BCUT2D eigenvalue weighted by Crippen LogP contribution is -2.58. The minimum atomic E-state index is -1.11. The third-order valence-electron chi connectivity index (χ3n) is 4.92. The first-order chi connectivity index (χ1) is 13.9. The van der Waals surface area contributed by atoms with Crippen LogP contribution in [0.4, 0.5) is 10.5 Å². The van der Waals surface area contributed by atoms with E-state index in [-0.39, 0.29) is 6.54 Å². The Morgan fingerprint density at radius 3 is 2.31 bits per heavy atom. The fourth-order valence-corrected chi connectivity index (χ4v) is 3.23. The number of amides is 4. The zero-order chi connectivity index (χ0) is 21.0. The number of carbonyl (C=O) groups excluding carboxylic acids is 3. The minimum absolute atomic E-state index is 0.107. The largest absolute Gasteiger partial charge is 0.358 e. The van der Waals surface area contributed by atoms with E-state index in [4.69, 9.17) is 0 Å².